The molecule has 98 valence electrons. The van der Waals surface area contributed by atoms with Crippen LogP contribution in [0.4, 0.5) is 0 Å². The molecule has 3 N–H and O–H groups in total. The molecule has 5 atom stereocenters. The fourth-order valence-electron chi connectivity index (χ4n) is 2.63. The summed E-state index contributed by atoms with van der Waals surface area (Å²) in [4.78, 5) is 21.6. The van der Waals surface area contributed by atoms with E-state index in [-0.39, 0.29) is 34.5 Å². The molecule has 0 saturated heterocycles. The maximum absolute atomic E-state index is 10.8. The Morgan fingerprint density at radius 3 is 2.24 bits per heavy atom. The van der Waals surface area contributed by atoms with Gasteiger partial charge in [0.05, 0.1) is 6.10 Å². The third-order valence-electron chi connectivity index (χ3n) is 3.57. The van der Waals surface area contributed by atoms with Crippen molar-refractivity contribution in [3.05, 3.63) is 0 Å². The Balaban J connectivity index is 2.82. The van der Waals surface area contributed by atoms with E-state index in [4.69, 9.17) is 10.2 Å². The fraction of sp³-hybridized carbons (Fsp3) is 0.818. The van der Waals surface area contributed by atoms with Crippen LogP contribution >= 0.6 is 22.6 Å². The van der Waals surface area contributed by atoms with Crippen LogP contribution in [0.3, 0.4) is 0 Å². The molecule has 1 saturated carbocycles. The van der Waals surface area contributed by atoms with Gasteiger partial charge >= 0.3 is 11.9 Å². The summed E-state index contributed by atoms with van der Waals surface area (Å²) in [5.41, 5.74) is 0. The molecular formula is C11H17IO5. The number of carboxylic acids is 2. The number of hydrogen-bond acceptors (Lipinski definition) is 3. The largest absolute Gasteiger partial charge is 0.481 e. The fourth-order valence-corrected chi connectivity index (χ4v) is 3.94. The zero-order valence-corrected chi connectivity index (χ0v) is 11.7. The van der Waals surface area contributed by atoms with E-state index in [2.05, 4.69) is 22.6 Å². The van der Waals surface area contributed by atoms with Crippen molar-refractivity contribution < 1.29 is 24.9 Å². The van der Waals surface area contributed by atoms with Crippen molar-refractivity contribution in [2.24, 2.45) is 17.8 Å². The number of alkyl halides is 1. The summed E-state index contributed by atoms with van der Waals surface area (Å²) in [6.45, 7) is 1.80. The van der Waals surface area contributed by atoms with Crippen LogP contribution in [0.1, 0.15) is 26.2 Å². The lowest BCUT2D eigenvalue weighted by Crippen LogP contribution is -2.44. The minimum atomic E-state index is -0.934. The summed E-state index contributed by atoms with van der Waals surface area (Å²) in [5, 5.41) is 27.6. The average Bonchev–Trinajstić information content (AvgIpc) is 2.20. The highest BCUT2D eigenvalue weighted by Crippen LogP contribution is 2.41. The zero-order chi connectivity index (χ0) is 13.2. The average molecular weight is 356 g/mol. The van der Waals surface area contributed by atoms with Gasteiger partial charge in [-0.25, -0.2) is 0 Å². The molecule has 1 fully saturated rings. The Morgan fingerprint density at radius 1 is 1.24 bits per heavy atom. The van der Waals surface area contributed by atoms with Crippen LogP contribution in [-0.2, 0) is 9.59 Å². The van der Waals surface area contributed by atoms with Crippen molar-refractivity contribution in [1.82, 2.24) is 0 Å². The Hall–Kier alpha value is -0.370. The van der Waals surface area contributed by atoms with Gasteiger partial charge in [-0.05, 0) is 24.2 Å². The number of rotatable bonds is 4. The van der Waals surface area contributed by atoms with E-state index in [0.717, 1.165) is 0 Å². The van der Waals surface area contributed by atoms with Crippen molar-refractivity contribution in [3.8, 4) is 0 Å². The van der Waals surface area contributed by atoms with E-state index in [1.807, 2.05) is 0 Å². The first kappa shape index (κ1) is 14.7. The summed E-state index contributed by atoms with van der Waals surface area (Å²) in [6.07, 6.45) is -0.0744. The number of carbonyl (C=O) groups is 2. The summed E-state index contributed by atoms with van der Waals surface area (Å²) in [6, 6.07) is 0. The van der Waals surface area contributed by atoms with E-state index in [1.165, 1.54) is 0 Å². The molecule has 0 heterocycles. The topological polar surface area (TPSA) is 94.8 Å². The first-order chi connectivity index (χ1) is 7.82. The van der Waals surface area contributed by atoms with Gasteiger partial charge in [0.2, 0.25) is 0 Å². The Labute approximate surface area is 113 Å². The van der Waals surface area contributed by atoms with Gasteiger partial charge in [-0.2, -0.15) is 0 Å². The second kappa shape index (κ2) is 5.99. The quantitative estimate of drug-likeness (QED) is 0.523. The third kappa shape index (κ3) is 3.80. The van der Waals surface area contributed by atoms with Crippen molar-refractivity contribution in [2.45, 2.75) is 36.2 Å². The molecule has 0 radical (unpaired) electrons. The first-order valence-corrected chi connectivity index (χ1v) is 6.83. The van der Waals surface area contributed by atoms with Gasteiger partial charge in [0.15, 0.2) is 0 Å². The van der Waals surface area contributed by atoms with E-state index >= 15 is 0 Å². The molecule has 0 bridgehead atoms. The second-order valence-electron chi connectivity index (χ2n) is 4.72. The van der Waals surface area contributed by atoms with E-state index in [9.17, 15) is 14.7 Å². The predicted molar refractivity (Wildman–Crippen MR) is 69.1 cm³/mol. The Morgan fingerprint density at radius 2 is 1.76 bits per heavy atom. The van der Waals surface area contributed by atoms with E-state index in [1.54, 1.807) is 6.92 Å². The van der Waals surface area contributed by atoms with Gasteiger partial charge in [-0.15, -0.1) is 0 Å². The summed E-state index contributed by atoms with van der Waals surface area (Å²) >= 11 is 2.11. The highest BCUT2D eigenvalue weighted by atomic mass is 127. The number of aliphatic carboxylic acids is 2. The Kier molecular flexibility index (Phi) is 5.18. The predicted octanol–water partition coefficient (Wildman–Crippen LogP) is 1.37. The maximum atomic E-state index is 10.8. The van der Waals surface area contributed by atoms with Crippen LogP contribution in [-0.4, -0.2) is 37.3 Å². The number of aliphatic hydroxyl groups is 1. The van der Waals surface area contributed by atoms with Gasteiger partial charge in [-0.3, -0.25) is 9.59 Å². The molecule has 0 unspecified atom stereocenters. The second-order valence-corrected chi connectivity index (χ2v) is 6.32. The molecule has 5 nitrogen and oxygen atoms in total. The van der Waals surface area contributed by atoms with Gasteiger partial charge in [0.1, 0.15) is 0 Å². The number of halogens is 1. The lowest BCUT2D eigenvalue weighted by Gasteiger charge is -2.41. The van der Waals surface area contributed by atoms with Crippen LogP contribution in [0.15, 0.2) is 0 Å². The molecule has 0 amide bonds. The van der Waals surface area contributed by atoms with Crippen LogP contribution < -0.4 is 0 Å². The normalized spacial score (nSPS) is 37.7. The van der Waals surface area contributed by atoms with Gasteiger partial charge in [0.25, 0.3) is 0 Å². The molecular weight excluding hydrogens is 339 g/mol. The van der Waals surface area contributed by atoms with E-state index < -0.39 is 18.0 Å². The van der Waals surface area contributed by atoms with Gasteiger partial charge < -0.3 is 15.3 Å². The standard InChI is InChI=1S/C11H17IO5/c1-5-7(4-10(15)16)6(3-9(13)14)2-8(12)11(5)17/h5-8,11,17H,2-4H2,1H3,(H,13,14)(H,15,16)/t5-,6+,7+,8+,11-/m1/s1. The Bertz CT molecular complexity index is 306. The molecule has 0 aromatic heterocycles. The monoisotopic (exact) mass is 356 g/mol. The molecule has 1 rings (SSSR count). The van der Waals surface area contributed by atoms with Gasteiger partial charge in [0, 0.05) is 16.8 Å². The smallest absolute Gasteiger partial charge is 0.303 e. The number of hydrogen-bond donors (Lipinski definition) is 3. The van der Waals surface area contributed by atoms with Crippen LogP contribution in [0.5, 0.6) is 0 Å². The molecule has 0 aliphatic heterocycles. The third-order valence-corrected chi connectivity index (χ3v) is 4.81. The molecule has 0 spiro atoms. The number of carboxylic acid groups (broad SMARTS) is 2. The highest BCUT2D eigenvalue weighted by molar-refractivity contribution is 14.1. The molecule has 1 aliphatic carbocycles. The number of aliphatic hydroxyl groups excluding tert-OH is 1. The van der Waals surface area contributed by atoms with Crippen LogP contribution in [0.25, 0.3) is 0 Å². The molecule has 6 heteroatoms. The highest BCUT2D eigenvalue weighted by Gasteiger charge is 2.42. The van der Waals surface area contributed by atoms with Crippen molar-refractivity contribution in [2.75, 3.05) is 0 Å². The summed E-state index contributed by atoms with van der Waals surface area (Å²) in [7, 11) is 0. The molecule has 17 heavy (non-hydrogen) atoms. The minimum Gasteiger partial charge on any atom is -0.481 e. The molecule has 0 aromatic rings. The summed E-state index contributed by atoms with van der Waals surface area (Å²) in [5.74, 6) is -2.44. The SMILES string of the molecule is C[C@H]1[C@@H](O)[C@@H](I)C[C@@H](CC(=O)O)[C@H]1CC(=O)O. The summed E-state index contributed by atoms with van der Waals surface area (Å²) < 4.78 is -0.00278. The van der Waals surface area contributed by atoms with Gasteiger partial charge in [-0.1, -0.05) is 29.5 Å². The maximum Gasteiger partial charge on any atom is 0.303 e. The lowest BCUT2D eigenvalue weighted by molar-refractivity contribution is -0.144. The first-order valence-electron chi connectivity index (χ1n) is 5.58. The molecule has 1 aliphatic rings. The minimum absolute atomic E-state index is 0.00278. The van der Waals surface area contributed by atoms with E-state index in [0.29, 0.717) is 6.42 Å². The molecule has 0 aromatic carbocycles. The van der Waals surface area contributed by atoms with Crippen LogP contribution in [0, 0.1) is 17.8 Å². The van der Waals surface area contributed by atoms with Crippen molar-refractivity contribution in [3.63, 3.8) is 0 Å². The van der Waals surface area contributed by atoms with Crippen LogP contribution in [0.2, 0.25) is 0 Å². The lowest BCUT2D eigenvalue weighted by atomic mass is 9.68. The van der Waals surface area contributed by atoms with Crippen molar-refractivity contribution in [1.29, 1.82) is 0 Å². The zero-order valence-electron chi connectivity index (χ0n) is 9.54. The van der Waals surface area contributed by atoms with Crippen molar-refractivity contribution >= 4 is 34.5 Å².